The van der Waals surface area contributed by atoms with Crippen molar-refractivity contribution in [3.8, 4) is 11.8 Å². The highest BCUT2D eigenvalue weighted by Crippen LogP contribution is 2.43. The van der Waals surface area contributed by atoms with Gasteiger partial charge in [-0.25, -0.2) is 4.79 Å². The molecule has 1 aromatic carbocycles. The molecule has 0 unspecified atom stereocenters. The highest BCUT2D eigenvalue weighted by atomic mass is 16.5. The van der Waals surface area contributed by atoms with Crippen LogP contribution < -0.4 is 10.5 Å². The normalized spacial score (nSPS) is 17.0. The van der Waals surface area contributed by atoms with Gasteiger partial charge in [-0.05, 0) is 19.4 Å². The zero-order chi connectivity index (χ0) is 18.4. The number of esters is 1. The number of methoxy groups -OCH3 is 1. The molecule has 1 atom stereocenters. The Morgan fingerprint density at radius 3 is 2.68 bits per heavy atom. The summed E-state index contributed by atoms with van der Waals surface area (Å²) in [7, 11) is 1.54. The Hall–Kier alpha value is -2.94. The number of carbonyl (C=O) groups excluding carboxylic acids is 1. The van der Waals surface area contributed by atoms with Gasteiger partial charge in [0.05, 0.1) is 25.2 Å². The van der Waals surface area contributed by atoms with Gasteiger partial charge >= 0.3 is 5.97 Å². The van der Waals surface area contributed by atoms with Gasteiger partial charge in [-0.3, -0.25) is 0 Å². The Balaban J connectivity index is 2.71. The molecule has 132 valence electrons. The number of nitriles is 1. The maximum Gasteiger partial charge on any atom is 0.338 e. The van der Waals surface area contributed by atoms with Crippen LogP contribution in [0.1, 0.15) is 38.2 Å². The molecule has 2 N–H and O–H groups in total. The molecule has 1 heterocycles. The molecular formula is C19H22N2O4. The number of ether oxygens (including phenoxy) is 3. The number of carbonyl (C=O) groups is 1. The molecule has 0 aromatic heterocycles. The Bertz CT molecular complexity index is 759. The van der Waals surface area contributed by atoms with Crippen molar-refractivity contribution in [2.24, 2.45) is 5.73 Å². The lowest BCUT2D eigenvalue weighted by molar-refractivity contribution is -0.139. The van der Waals surface area contributed by atoms with E-state index >= 15 is 0 Å². The van der Waals surface area contributed by atoms with Gasteiger partial charge in [0, 0.05) is 12.0 Å². The van der Waals surface area contributed by atoms with E-state index in [2.05, 4.69) is 6.07 Å². The van der Waals surface area contributed by atoms with E-state index < -0.39 is 11.9 Å². The number of hydrogen-bond donors (Lipinski definition) is 1. The zero-order valence-corrected chi connectivity index (χ0v) is 14.7. The van der Waals surface area contributed by atoms with E-state index in [0.717, 1.165) is 6.42 Å². The van der Waals surface area contributed by atoms with Crippen molar-refractivity contribution in [1.82, 2.24) is 0 Å². The summed E-state index contributed by atoms with van der Waals surface area (Å²) >= 11 is 0. The fraction of sp³-hybridized carbons (Fsp3) is 0.368. The highest BCUT2D eigenvalue weighted by Gasteiger charge is 2.38. The van der Waals surface area contributed by atoms with Crippen LogP contribution in [0.5, 0.6) is 5.75 Å². The summed E-state index contributed by atoms with van der Waals surface area (Å²) in [5, 5.41) is 9.62. The first-order valence-electron chi connectivity index (χ1n) is 8.19. The summed E-state index contributed by atoms with van der Waals surface area (Å²) in [6.07, 6.45) is 1.27. The molecule has 0 fully saturated rings. The maximum atomic E-state index is 12.7. The van der Waals surface area contributed by atoms with Gasteiger partial charge in [0.2, 0.25) is 5.88 Å². The number of nitrogens with two attached hydrogens (primary N) is 1. The Kier molecular flexibility index (Phi) is 6.07. The average Bonchev–Trinajstić information content (AvgIpc) is 2.61. The molecule has 25 heavy (non-hydrogen) atoms. The topological polar surface area (TPSA) is 94.6 Å². The molecule has 2 rings (SSSR count). The largest absolute Gasteiger partial charge is 0.496 e. The minimum atomic E-state index is -0.685. The second-order valence-electron chi connectivity index (χ2n) is 5.47. The van der Waals surface area contributed by atoms with E-state index in [4.69, 9.17) is 19.9 Å². The quantitative estimate of drug-likeness (QED) is 0.798. The van der Waals surface area contributed by atoms with E-state index in [0.29, 0.717) is 29.1 Å². The minimum Gasteiger partial charge on any atom is -0.496 e. The first-order chi connectivity index (χ1) is 12.1. The average molecular weight is 342 g/mol. The van der Waals surface area contributed by atoms with Crippen LogP contribution in [-0.4, -0.2) is 19.7 Å². The van der Waals surface area contributed by atoms with Gasteiger partial charge in [-0.2, -0.15) is 5.26 Å². The molecule has 0 aliphatic carbocycles. The predicted octanol–water partition coefficient (Wildman–Crippen LogP) is 3.12. The van der Waals surface area contributed by atoms with Gasteiger partial charge in [-0.15, -0.1) is 0 Å². The first-order valence-corrected chi connectivity index (χ1v) is 8.19. The van der Waals surface area contributed by atoms with E-state index in [1.165, 1.54) is 7.11 Å². The van der Waals surface area contributed by atoms with Crippen molar-refractivity contribution in [3.63, 3.8) is 0 Å². The minimum absolute atomic E-state index is 0.00917. The lowest BCUT2D eigenvalue weighted by Crippen LogP contribution is -2.26. The Labute approximate surface area is 147 Å². The smallest absolute Gasteiger partial charge is 0.338 e. The molecule has 0 radical (unpaired) electrons. The van der Waals surface area contributed by atoms with Gasteiger partial charge in [-0.1, -0.05) is 25.1 Å². The summed E-state index contributed by atoms with van der Waals surface area (Å²) < 4.78 is 16.3. The van der Waals surface area contributed by atoms with Crippen LogP contribution in [0.3, 0.4) is 0 Å². The summed E-state index contributed by atoms with van der Waals surface area (Å²) in [6, 6.07) is 9.30. The summed E-state index contributed by atoms with van der Waals surface area (Å²) in [5.74, 6) is -0.187. The molecular weight excluding hydrogens is 320 g/mol. The van der Waals surface area contributed by atoms with E-state index in [1.807, 2.05) is 25.1 Å². The highest BCUT2D eigenvalue weighted by molar-refractivity contribution is 5.93. The molecule has 0 bridgehead atoms. The van der Waals surface area contributed by atoms with Gasteiger partial charge < -0.3 is 19.9 Å². The van der Waals surface area contributed by atoms with Crippen molar-refractivity contribution in [2.75, 3.05) is 13.7 Å². The van der Waals surface area contributed by atoms with Gasteiger partial charge in [0.1, 0.15) is 23.2 Å². The third kappa shape index (κ3) is 3.61. The molecule has 0 spiro atoms. The summed E-state index contributed by atoms with van der Waals surface area (Å²) in [6.45, 7) is 3.92. The van der Waals surface area contributed by atoms with Crippen LogP contribution in [0.2, 0.25) is 0 Å². The monoisotopic (exact) mass is 342 g/mol. The van der Waals surface area contributed by atoms with Crippen LogP contribution in [-0.2, 0) is 14.3 Å². The molecule has 1 aliphatic heterocycles. The number of allylic oxidation sites excluding steroid dienone is 2. The summed E-state index contributed by atoms with van der Waals surface area (Å²) in [4.78, 5) is 12.7. The number of nitrogens with zero attached hydrogens (tertiary/aromatic N) is 1. The van der Waals surface area contributed by atoms with Crippen molar-refractivity contribution >= 4 is 5.97 Å². The number of rotatable bonds is 6. The van der Waals surface area contributed by atoms with Gasteiger partial charge in [0.25, 0.3) is 0 Å². The predicted molar refractivity (Wildman–Crippen MR) is 92.2 cm³/mol. The van der Waals surface area contributed by atoms with Crippen molar-refractivity contribution < 1.29 is 19.0 Å². The lowest BCUT2D eigenvalue weighted by atomic mass is 9.82. The fourth-order valence-electron chi connectivity index (χ4n) is 2.88. The van der Waals surface area contributed by atoms with Crippen LogP contribution in [0, 0.1) is 11.3 Å². The number of para-hydroxylation sites is 1. The maximum absolute atomic E-state index is 12.7. The molecule has 6 nitrogen and oxygen atoms in total. The van der Waals surface area contributed by atoms with Crippen molar-refractivity contribution in [2.45, 2.75) is 32.6 Å². The van der Waals surface area contributed by atoms with Crippen LogP contribution in [0.15, 0.2) is 47.1 Å². The SMILES string of the molecule is CCCC1=C(C(=O)OCC)[C@@H](c2ccccc2OC)C(C#N)=C(N)O1. The molecule has 6 heteroatoms. The van der Waals surface area contributed by atoms with Crippen LogP contribution in [0.25, 0.3) is 0 Å². The fourth-order valence-corrected chi connectivity index (χ4v) is 2.88. The van der Waals surface area contributed by atoms with Crippen molar-refractivity contribution in [1.29, 1.82) is 5.26 Å². The van der Waals surface area contributed by atoms with Crippen molar-refractivity contribution in [3.05, 3.63) is 52.6 Å². The number of hydrogen-bond acceptors (Lipinski definition) is 6. The second-order valence-corrected chi connectivity index (χ2v) is 5.47. The Morgan fingerprint density at radius 1 is 1.36 bits per heavy atom. The Morgan fingerprint density at radius 2 is 2.08 bits per heavy atom. The van der Waals surface area contributed by atoms with E-state index in [1.54, 1.807) is 13.0 Å². The molecule has 1 aliphatic rings. The van der Waals surface area contributed by atoms with Gasteiger partial charge in [0.15, 0.2) is 0 Å². The molecule has 0 saturated carbocycles. The van der Waals surface area contributed by atoms with E-state index in [-0.39, 0.29) is 18.1 Å². The van der Waals surface area contributed by atoms with Crippen LogP contribution in [0.4, 0.5) is 0 Å². The second kappa shape index (κ2) is 8.25. The zero-order valence-electron chi connectivity index (χ0n) is 14.7. The first kappa shape index (κ1) is 18.4. The third-order valence-electron chi connectivity index (χ3n) is 3.92. The molecule has 1 aromatic rings. The molecule has 0 amide bonds. The lowest BCUT2D eigenvalue weighted by Gasteiger charge is -2.28. The van der Waals surface area contributed by atoms with E-state index in [9.17, 15) is 10.1 Å². The number of benzene rings is 1. The standard InChI is InChI=1S/C19H22N2O4/c1-4-8-15-17(19(22)24-5-2)16(13(11-20)18(21)25-15)12-9-6-7-10-14(12)23-3/h6-7,9-10,16H,4-5,8,21H2,1-3H3/t16-/m0/s1. The molecule has 0 saturated heterocycles. The van der Waals surface area contributed by atoms with Crippen LogP contribution >= 0.6 is 0 Å². The summed E-state index contributed by atoms with van der Waals surface area (Å²) in [5.41, 5.74) is 7.12. The third-order valence-corrected chi connectivity index (χ3v) is 3.92.